The third kappa shape index (κ3) is 2.16. The van der Waals surface area contributed by atoms with Crippen molar-refractivity contribution in [3.8, 4) is 0 Å². The van der Waals surface area contributed by atoms with Gasteiger partial charge >= 0.3 is 5.97 Å². The van der Waals surface area contributed by atoms with Crippen molar-refractivity contribution in [1.29, 1.82) is 0 Å². The van der Waals surface area contributed by atoms with E-state index in [-0.39, 0.29) is 0 Å². The van der Waals surface area contributed by atoms with Crippen LogP contribution in [0.4, 0.5) is 0 Å². The summed E-state index contributed by atoms with van der Waals surface area (Å²) in [6.07, 6.45) is 5.42. The number of hydrogen-bond donors (Lipinski definition) is 2. The van der Waals surface area contributed by atoms with Crippen LogP contribution in [0.5, 0.6) is 0 Å². The molecule has 1 aromatic rings. The van der Waals surface area contributed by atoms with E-state index in [0.29, 0.717) is 5.56 Å². The van der Waals surface area contributed by atoms with E-state index < -0.39 is 5.97 Å². The van der Waals surface area contributed by atoms with Crippen LogP contribution in [0.25, 0.3) is 0 Å². The lowest BCUT2D eigenvalue weighted by molar-refractivity contribution is 0.0695. The zero-order chi connectivity index (χ0) is 10.6. The third-order valence-electron chi connectivity index (χ3n) is 2.28. The minimum atomic E-state index is -0.807. The van der Waals surface area contributed by atoms with Crippen molar-refractivity contribution < 1.29 is 9.90 Å². The van der Waals surface area contributed by atoms with Gasteiger partial charge in [-0.05, 0) is 18.4 Å². The predicted octanol–water partition coefficient (Wildman–Crippen LogP) is 2.62. The standard InChI is InChI=1S/C11H17NO2/c1-3-5-8-7-12-9(6-4-2)10(8)11(13)14/h7,12H,3-6H2,1-2H3,(H,13,14). The Balaban J connectivity index is 3.00. The zero-order valence-corrected chi connectivity index (χ0v) is 8.76. The van der Waals surface area contributed by atoms with E-state index in [1.54, 1.807) is 0 Å². The number of H-pyrrole nitrogens is 1. The summed E-state index contributed by atoms with van der Waals surface area (Å²) in [6, 6.07) is 0. The molecule has 14 heavy (non-hydrogen) atoms. The number of aromatic carboxylic acids is 1. The van der Waals surface area contributed by atoms with E-state index in [0.717, 1.165) is 36.9 Å². The van der Waals surface area contributed by atoms with Gasteiger partial charge in [0.05, 0.1) is 5.56 Å². The van der Waals surface area contributed by atoms with Gasteiger partial charge in [-0.1, -0.05) is 26.7 Å². The van der Waals surface area contributed by atoms with Crippen LogP contribution in [0.1, 0.15) is 48.3 Å². The monoisotopic (exact) mass is 195 g/mol. The van der Waals surface area contributed by atoms with Gasteiger partial charge in [0.15, 0.2) is 0 Å². The van der Waals surface area contributed by atoms with E-state index in [1.165, 1.54) is 0 Å². The largest absolute Gasteiger partial charge is 0.478 e. The van der Waals surface area contributed by atoms with Gasteiger partial charge in [-0.25, -0.2) is 4.79 Å². The Morgan fingerprint density at radius 1 is 1.36 bits per heavy atom. The molecule has 3 nitrogen and oxygen atoms in total. The lowest BCUT2D eigenvalue weighted by Crippen LogP contribution is -2.03. The van der Waals surface area contributed by atoms with Crippen LogP contribution in [0.15, 0.2) is 6.20 Å². The number of aryl methyl sites for hydroxylation is 2. The first-order valence-corrected chi connectivity index (χ1v) is 5.13. The molecular weight excluding hydrogens is 178 g/mol. The summed E-state index contributed by atoms with van der Waals surface area (Å²) in [6.45, 7) is 4.10. The summed E-state index contributed by atoms with van der Waals surface area (Å²) >= 11 is 0. The summed E-state index contributed by atoms with van der Waals surface area (Å²) in [7, 11) is 0. The molecule has 0 spiro atoms. The Morgan fingerprint density at radius 3 is 2.50 bits per heavy atom. The van der Waals surface area contributed by atoms with Gasteiger partial charge in [0.25, 0.3) is 0 Å². The normalized spacial score (nSPS) is 10.4. The molecule has 1 rings (SSSR count). The molecule has 0 saturated carbocycles. The summed E-state index contributed by atoms with van der Waals surface area (Å²) in [4.78, 5) is 14.1. The van der Waals surface area contributed by atoms with E-state index in [9.17, 15) is 4.79 Å². The molecule has 3 heteroatoms. The van der Waals surface area contributed by atoms with E-state index >= 15 is 0 Å². The van der Waals surface area contributed by atoms with Gasteiger partial charge < -0.3 is 10.1 Å². The van der Waals surface area contributed by atoms with Gasteiger partial charge in [0.1, 0.15) is 0 Å². The molecule has 78 valence electrons. The number of hydrogen-bond acceptors (Lipinski definition) is 1. The summed E-state index contributed by atoms with van der Waals surface area (Å²) in [5.74, 6) is -0.807. The van der Waals surface area contributed by atoms with Gasteiger partial charge in [-0.2, -0.15) is 0 Å². The highest BCUT2D eigenvalue weighted by molar-refractivity contribution is 5.90. The molecule has 1 heterocycles. The zero-order valence-electron chi connectivity index (χ0n) is 8.76. The second-order valence-corrected chi connectivity index (χ2v) is 3.47. The molecule has 1 aromatic heterocycles. The molecule has 0 unspecified atom stereocenters. The van der Waals surface area contributed by atoms with Gasteiger partial charge in [0, 0.05) is 11.9 Å². The van der Waals surface area contributed by atoms with Crippen LogP contribution in [0, 0.1) is 0 Å². The smallest absolute Gasteiger partial charge is 0.337 e. The van der Waals surface area contributed by atoms with Crippen molar-refractivity contribution in [1.82, 2.24) is 4.98 Å². The second-order valence-electron chi connectivity index (χ2n) is 3.47. The third-order valence-corrected chi connectivity index (χ3v) is 2.28. The second kappa shape index (κ2) is 4.84. The van der Waals surface area contributed by atoms with Crippen LogP contribution in [-0.2, 0) is 12.8 Å². The molecule has 0 aliphatic heterocycles. The molecule has 0 aliphatic carbocycles. The van der Waals surface area contributed by atoms with Crippen molar-refractivity contribution in [2.75, 3.05) is 0 Å². The van der Waals surface area contributed by atoms with Crippen LogP contribution < -0.4 is 0 Å². The molecule has 0 bridgehead atoms. The molecule has 0 saturated heterocycles. The van der Waals surface area contributed by atoms with Crippen LogP contribution in [-0.4, -0.2) is 16.1 Å². The molecule has 0 atom stereocenters. The lowest BCUT2D eigenvalue weighted by atomic mass is 10.0. The Bertz CT molecular complexity index is 292. The minimum absolute atomic E-state index is 0.494. The molecule has 0 fully saturated rings. The van der Waals surface area contributed by atoms with Crippen LogP contribution >= 0.6 is 0 Å². The fraction of sp³-hybridized carbons (Fsp3) is 0.545. The van der Waals surface area contributed by atoms with E-state index in [1.807, 2.05) is 13.1 Å². The van der Waals surface area contributed by atoms with Gasteiger partial charge in [-0.15, -0.1) is 0 Å². The minimum Gasteiger partial charge on any atom is -0.478 e. The molecule has 0 aliphatic rings. The number of carboxylic acids is 1. The first-order chi connectivity index (χ1) is 6.70. The predicted molar refractivity (Wildman–Crippen MR) is 55.7 cm³/mol. The van der Waals surface area contributed by atoms with Crippen LogP contribution in [0.3, 0.4) is 0 Å². The first kappa shape index (κ1) is 10.8. The van der Waals surface area contributed by atoms with E-state index in [4.69, 9.17) is 5.11 Å². The Kier molecular flexibility index (Phi) is 3.74. The van der Waals surface area contributed by atoms with E-state index in [2.05, 4.69) is 11.9 Å². The number of carbonyl (C=O) groups is 1. The summed E-state index contributed by atoms with van der Waals surface area (Å²) in [5, 5.41) is 9.07. The average molecular weight is 195 g/mol. The van der Waals surface area contributed by atoms with Crippen molar-refractivity contribution >= 4 is 5.97 Å². The lowest BCUT2D eigenvalue weighted by Gasteiger charge is -2.00. The van der Waals surface area contributed by atoms with Crippen LogP contribution in [0.2, 0.25) is 0 Å². The molecular formula is C11H17NO2. The Labute approximate surface area is 84.2 Å². The van der Waals surface area contributed by atoms with Crippen molar-refractivity contribution in [3.05, 3.63) is 23.0 Å². The van der Waals surface area contributed by atoms with Crippen molar-refractivity contribution in [2.45, 2.75) is 39.5 Å². The average Bonchev–Trinajstić information content (AvgIpc) is 2.49. The quantitative estimate of drug-likeness (QED) is 0.758. The number of carboxylic acid groups (broad SMARTS) is 1. The van der Waals surface area contributed by atoms with Crippen molar-refractivity contribution in [3.63, 3.8) is 0 Å². The fourth-order valence-electron chi connectivity index (χ4n) is 1.69. The summed E-state index contributed by atoms with van der Waals surface area (Å²) < 4.78 is 0. The number of nitrogens with one attached hydrogen (secondary N) is 1. The Hall–Kier alpha value is -1.25. The maximum atomic E-state index is 11.0. The molecule has 0 radical (unpaired) electrons. The number of aromatic amines is 1. The maximum Gasteiger partial charge on any atom is 0.337 e. The van der Waals surface area contributed by atoms with Gasteiger partial charge in [0.2, 0.25) is 0 Å². The summed E-state index contributed by atoms with van der Waals surface area (Å²) in [5.41, 5.74) is 2.29. The molecule has 0 aromatic carbocycles. The highest BCUT2D eigenvalue weighted by Gasteiger charge is 2.16. The van der Waals surface area contributed by atoms with Gasteiger partial charge in [-0.3, -0.25) is 0 Å². The number of aromatic nitrogens is 1. The molecule has 0 amide bonds. The highest BCUT2D eigenvalue weighted by atomic mass is 16.4. The number of rotatable bonds is 5. The molecule has 2 N–H and O–H groups in total. The Morgan fingerprint density at radius 2 is 2.00 bits per heavy atom. The topological polar surface area (TPSA) is 53.1 Å². The fourth-order valence-corrected chi connectivity index (χ4v) is 1.69. The first-order valence-electron chi connectivity index (χ1n) is 5.13. The SMILES string of the molecule is CCCc1c[nH]c(CCC)c1C(=O)O. The van der Waals surface area contributed by atoms with Crippen molar-refractivity contribution in [2.24, 2.45) is 0 Å². The highest BCUT2D eigenvalue weighted by Crippen LogP contribution is 2.17. The maximum absolute atomic E-state index is 11.0.